The summed E-state index contributed by atoms with van der Waals surface area (Å²) < 4.78 is 44.9. The van der Waals surface area contributed by atoms with Crippen LogP contribution in [0, 0.1) is 0 Å². The van der Waals surface area contributed by atoms with Crippen molar-refractivity contribution >= 4 is 28.3 Å². The molecule has 1 N–H and O–H groups in total. The third kappa shape index (κ3) is 5.23. The fourth-order valence-electron chi connectivity index (χ4n) is 2.47. The van der Waals surface area contributed by atoms with E-state index in [4.69, 9.17) is 4.74 Å². The van der Waals surface area contributed by atoms with Crippen molar-refractivity contribution in [3.05, 3.63) is 72.3 Å². The normalized spacial score (nSPS) is 11.1. The van der Waals surface area contributed by atoms with Gasteiger partial charge in [-0.05, 0) is 47.2 Å². The summed E-state index contributed by atoms with van der Waals surface area (Å²) in [4.78, 5) is 23.9. The fourth-order valence-corrected chi connectivity index (χ4v) is 2.47. The molecule has 1 amide bonds. The number of halogens is 3. The minimum Gasteiger partial charge on any atom is -0.452 e. The van der Waals surface area contributed by atoms with Gasteiger partial charge in [-0.15, -0.1) is 13.2 Å². The van der Waals surface area contributed by atoms with Crippen molar-refractivity contribution in [2.45, 2.75) is 6.36 Å². The molecule has 3 rings (SSSR count). The van der Waals surface area contributed by atoms with Crippen LogP contribution in [0.15, 0.2) is 66.7 Å². The molecule has 0 aliphatic heterocycles. The second kappa shape index (κ2) is 7.99. The van der Waals surface area contributed by atoms with Crippen LogP contribution < -0.4 is 10.1 Å². The average molecular weight is 389 g/mol. The molecule has 0 bridgehead atoms. The lowest BCUT2D eigenvalue weighted by atomic mass is 10.1. The van der Waals surface area contributed by atoms with Crippen LogP contribution in [-0.4, -0.2) is 24.8 Å². The smallest absolute Gasteiger partial charge is 0.452 e. The highest BCUT2D eigenvalue weighted by Crippen LogP contribution is 2.23. The number of hydrogen-bond donors (Lipinski definition) is 1. The van der Waals surface area contributed by atoms with Crippen molar-refractivity contribution in [1.29, 1.82) is 0 Å². The van der Waals surface area contributed by atoms with Gasteiger partial charge in [0.1, 0.15) is 5.75 Å². The predicted molar refractivity (Wildman–Crippen MR) is 96.0 cm³/mol. The fraction of sp³-hybridized carbons (Fsp3) is 0.100. The van der Waals surface area contributed by atoms with E-state index in [1.165, 1.54) is 0 Å². The van der Waals surface area contributed by atoms with E-state index in [1.54, 1.807) is 12.1 Å². The largest absolute Gasteiger partial charge is 0.573 e. The first-order valence-corrected chi connectivity index (χ1v) is 8.12. The van der Waals surface area contributed by atoms with E-state index in [2.05, 4.69) is 10.1 Å². The van der Waals surface area contributed by atoms with Crippen molar-refractivity contribution in [3.63, 3.8) is 0 Å². The minimum atomic E-state index is -4.82. The molecule has 28 heavy (non-hydrogen) atoms. The van der Waals surface area contributed by atoms with E-state index in [1.807, 2.05) is 30.3 Å². The first-order valence-electron chi connectivity index (χ1n) is 8.12. The molecule has 0 saturated heterocycles. The number of carbonyl (C=O) groups is 2. The van der Waals surface area contributed by atoms with Gasteiger partial charge in [0.05, 0.1) is 5.56 Å². The van der Waals surface area contributed by atoms with E-state index in [0.29, 0.717) is 5.69 Å². The number of carbonyl (C=O) groups excluding carboxylic acids is 2. The number of benzene rings is 3. The van der Waals surface area contributed by atoms with Crippen LogP contribution in [0.5, 0.6) is 5.75 Å². The Morgan fingerprint density at radius 3 is 2.25 bits per heavy atom. The Morgan fingerprint density at radius 2 is 1.57 bits per heavy atom. The summed E-state index contributed by atoms with van der Waals surface area (Å²) in [5.41, 5.74) is 0.543. The van der Waals surface area contributed by atoms with Gasteiger partial charge < -0.3 is 14.8 Å². The van der Waals surface area contributed by atoms with E-state index < -0.39 is 30.6 Å². The summed E-state index contributed by atoms with van der Waals surface area (Å²) in [5.74, 6) is -1.84. The number of alkyl halides is 3. The Balaban J connectivity index is 1.54. The third-order valence-electron chi connectivity index (χ3n) is 3.69. The molecule has 0 aliphatic carbocycles. The number of anilines is 1. The summed E-state index contributed by atoms with van der Waals surface area (Å²) in [5, 5.41) is 4.58. The monoisotopic (exact) mass is 389 g/mol. The molecule has 0 fully saturated rings. The molecular weight excluding hydrogens is 375 g/mol. The maximum atomic E-state index is 12.1. The molecule has 0 atom stereocenters. The molecule has 0 radical (unpaired) electrons. The molecule has 3 aromatic carbocycles. The molecule has 0 unspecified atom stereocenters. The molecule has 0 aromatic heterocycles. The Bertz CT molecular complexity index is 1000. The van der Waals surface area contributed by atoms with E-state index in [0.717, 1.165) is 35.0 Å². The lowest BCUT2D eigenvalue weighted by Crippen LogP contribution is -2.21. The maximum Gasteiger partial charge on any atom is 0.573 e. The standard InChI is InChI=1S/C20H14F3NO4/c21-20(22,23)28-17-9-6-14(7-10-17)19(26)27-12-18(25)24-16-8-5-13-3-1-2-4-15(13)11-16/h1-11H,12H2,(H,24,25). The minimum absolute atomic E-state index is 0.00645. The number of ether oxygens (including phenoxy) is 2. The summed E-state index contributed by atoms with van der Waals surface area (Å²) >= 11 is 0. The second-order valence-corrected chi connectivity index (χ2v) is 5.76. The first-order chi connectivity index (χ1) is 13.3. The SMILES string of the molecule is O=C(COC(=O)c1ccc(OC(F)(F)F)cc1)Nc1ccc2ccccc2c1. The van der Waals surface area contributed by atoms with E-state index >= 15 is 0 Å². The molecule has 0 heterocycles. The van der Waals surface area contributed by atoms with Crippen LogP contribution in [0.2, 0.25) is 0 Å². The average Bonchev–Trinajstić information content (AvgIpc) is 2.65. The summed E-state index contributed by atoms with van der Waals surface area (Å²) in [6, 6.07) is 17.2. The molecule has 0 aliphatic rings. The van der Waals surface area contributed by atoms with E-state index in [9.17, 15) is 22.8 Å². The Morgan fingerprint density at radius 1 is 0.893 bits per heavy atom. The Kier molecular flexibility index (Phi) is 5.49. The quantitative estimate of drug-likeness (QED) is 0.651. The second-order valence-electron chi connectivity index (χ2n) is 5.76. The lowest BCUT2D eigenvalue weighted by molar-refractivity contribution is -0.274. The van der Waals surface area contributed by atoms with Crippen molar-refractivity contribution in [3.8, 4) is 5.75 Å². The number of nitrogens with one attached hydrogen (secondary N) is 1. The van der Waals surface area contributed by atoms with Crippen LogP contribution in [0.1, 0.15) is 10.4 Å². The zero-order chi connectivity index (χ0) is 20.1. The van der Waals surface area contributed by atoms with Gasteiger partial charge in [0, 0.05) is 5.69 Å². The summed E-state index contributed by atoms with van der Waals surface area (Å²) in [7, 11) is 0. The molecule has 8 heteroatoms. The van der Waals surface area contributed by atoms with Gasteiger partial charge in [-0.1, -0.05) is 30.3 Å². The number of esters is 1. The van der Waals surface area contributed by atoms with Gasteiger partial charge in [0.2, 0.25) is 0 Å². The van der Waals surface area contributed by atoms with Crippen molar-refractivity contribution in [1.82, 2.24) is 0 Å². The molecule has 0 saturated carbocycles. The van der Waals surface area contributed by atoms with E-state index in [-0.39, 0.29) is 5.56 Å². The van der Waals surface area contributed by atoms with Crippen LogP contribution >= 0.6 is 0 Å². The topological polar surface area (TPSA) is 64.6 Å². The Hall–Kier alpha value is -3.55. The molecule has 5 nitrogen and oxygen atoms in total. The van der Waals surface area contributed by atoms with Gasteiger partial charge in [0.25, 0.3) is 5.91 Å². The van der Waals surface area contributed by atoms with Crippen molar-refractivity contribution in [2.75, 3.05) is 11.9 Å². The summed E-state index contributed by atoms with van der Waals surface area (Å²) in [6.45, 7) is -0.535. The Labute approximate surface area is 157 Å². The third-order valence-corrected chi connectivity index (χ3v) is 3.69. The molecule has 3 aromatic rings. The van der Waals surface area contributed by atoms with Gasteiger partial charge >= 0.3 is 12.3 Å². The van der Waals surface area contributed by atoms with Crippen LogP contribution in [0.25, 0.3) is 10.8 Å². The number of amides is 1. The molecule has 0 spiro atoms. The van der Waals surface area contributed by atoms with Crippen LogP contribution in [-0.2, 0) is 9.53 Å². The number of hydrogen-bond acceptors (Lipinski definition) is 4. The predicted octanol–water partition coefficient (Wildman–Crippen LogP) is 4.53. The number of rotatable bonds is 5. The summed E-state index contributed by atoms with van der Waals surface area (Å²) in [6.07, 6.45) is -4.82. The molecule has 144 valence electrons. The van der Waals surface area contributed by atoms with Crippen LogP contribution in [0.4, 0.5) is 18.9 Å². The number of fused-ring (bicyclic) bond motifs is 1. The van der Waals surface area contributed by atoms with Crippen molar-refractivity contribution < 1.29 is 32.2 Å². The highest BCUT2D eigenvalue weighted by Gasteiger charge is 2.31. The zero-order valence-electron chi connectivity index (χ0n) is 14.3. The lowest BCUT2D eigenvalue weighted by Gasteiger charge is -2.10. The van der Waals surface area contributed by atoms with Crippen molar-refractivity contribution in [2.24, 2.45) is 0 Å². The van der Waals surface area contributed by atoms with Gasteiger partial charge in [-0.2, -0.15) is 0 Å². The van der Waals surface area contributed by atoms with Gasteiger partial charge in [-0.25, -0.2) is 4.79 Å². The van der Waals surface area contributed by atoms with Gasteiger partial charge in [-0.3, -0.25) is 4.79 Å². The maximum absolute atomic E-state index is 12.1. The zero-order valence-corrected chi connectivity index (χ0v) is 14.3. The highest BCUT2D eigenvalue weighted by atomic mass is 19.4. The van der Waals surface area contributed by atoms with Crippen LogP contribution in [0.3, 0.4) is 0 Å². The first kappa shape index (κ1) is 19.2. The highest BCUT2D eigenvalue weighted by molar-refractivity contribution is 5.97. The molecular formula is C20H14F3NO4. The van der Waals surface area contributed by atoms with Gasteiger partial charge in [0.15, 0.2) is 6.61 Å².